The number of nitrogen functional groups attached to an aromatic ring is 1. The summed E-state index contributed by atoms with van der Waals surface area (Å²) in [5.41, 5.74) is 6.11. The highest BCUT2D eigenvalue weighted by Gasteiger charge is 2.17. The van der Waals surface area contributed by atoms with E-state index in [-0.39, 0.29) is 17.4 Å². The fourth-order valence-corrected chi connectivity index (χ4v) is 1.93. The van der Waals surface area contributed by atoms with E-state index in [0.717, 1.165) is 0 Å². The van der Waals surface area contributed by atoms with Crippen LogP contribution in [0.25, 0.3) is 0 Å². The van der Waals surface area contributed by atoms with Gasteiger partial charge in [-0.1, -0.05) is 0 Å². The summed E-state index contributed by atoms with van der Waals surface area (Å²) in [5, 5.41) is 2.31. The van der Waals surface area contributed by atoms with E-state index in [9.17, 15) is 18.0 Å². The van der Waals surface area contributed by atoms with Crippen molar-refractivity contribution in [2.45, 2.75) is 19.9 Å². The lowest BCUT2D eigenvalue weighted by Crippen LogP contribution is -2.18. The molecule has 4 nitrogen and oxygen atoms in total. The molecule has 0 saturated carbocycles. The van der Waals surface area contributed by atoms with Crippen LogP contribution in [0.4, 0.5) is 24.5 Å². The predicted octanol–water partition coefficient (Wildman–Crippen LogP) is 3.32. The second kappa shape index (κ2) is 5.51. The minimum Gasteiger partial charge on any atom is -0.397 e. The van der Waals surface area contributed by atoms with Crippen molar-refractivity contribution >= 4 is 17.3 Å². The maximum Gasteiger partial charge on any atom is 0.272 e. The second-order valence-corrected chi connectivity index (χ2v) is 4.87. The number of anilines is 2. The zero-order chi connectivity index (χ0) is 15.7. The molecule has 0 bridgehead atoms. The van der Waals surface area contributed by atoms with E-state index >= 15 is 0 Å². The van der Waals surface area contributed by atoms with Gasteiger partial charge in [-0.15, -0.1) is 0 Å². The lowest BCUT2D eigenvalue weighted by atomic mass is 10.2. The van der Waals surface area contributed by atoms with Crippen LogP contribution in [0.3, 0.4) is 0 Å². The van der Waals surface area contributed by atoms with Gasteiger partial charge < -0.3 is 15.6 Å². The summed E-state index contributed by atoms with van der Waals surface area (Å²) in [4.78, 5) is 12.1. The molecule has 0 aliphatic rings. The van der Waals surface area contributed by atoms with Gasteiger partial charge in [-0.25, -0.2) is 13.2 Å². The van der Waals surface area contributed by atoms with Crippen molar-refractivity contribution < 1.29 is 18.0 Å². The van der Waals surface area contributed by atoms with Gasteiger partial charge in [-0.3, -0.25) is 4.79 Å². The van der Waals surface area contributed by atoms with Crippen LogP contribution in [0.15, 0.2) is 24.4 Å². The molecule has 2 rings (SSSR count). The molecule has 21 heavy (non-hydrogen) atoms. The minimum absolute atomic E-state index is 0.0234. The molecule has 1 heterocycles. The van der Waals surface area contributed by atoms with Crippen LogP contribution in [-0.2, 0) is 0 Å². The number of amides is 1. The van der Waals surface area contributed by atoms with Gasteiger partial charge in [0.25, 0.3) is 5.91 Å². The Labute approximate surface area is 119 Å². The van der Waals surface area contributed by atoms with Gasteiger partial charge in [-0.05, 0) is 19.9 Å². The summed E-state index contributed by atoms with van der Waals surface area (Å²) in [6.45, 7) is 3.71. The first-order valence-corrected chi connectivity index (χ1v) is 6.23. The topological polar surface area (TPSA) is 60.0 Å². The number of aromatic nitrogens is 1. The maximum absolute atomic E-state index is 13.1. The monoisotopic (exact) mass is 297 g/mol. The molecule has 0 atom stereocenters. The molecular weight excluding hydrogens is 283 g/mol. The van der Waals surface area contributed by atoms with Gasteiger partial charge in [0, 0.05) is 30.1 Å². The zero-order valence-electron chi connectivity index (χ0n) is 11.5. The number of nitrogens with two attached hydrogens (primary N) is 1. The number of hydrogen-bond acceptors (Lipinski definition) is 2. The number of nitrogens with zero attached hydrogens (tertiary/aromatic N) is 1. The molecule has 0 saturated heterocycles. The molecule has 0 radical (unpaired) electrons. The highest BCUT2D eigenvalue weighted by atomic mass is 19.2. The van der Waals surface area contributed by atoms with Crippen LogP contribution in [-0.4, -0.2) is 10.5 Å². The molecule has 0 spiro atoms. The highest BCUT2D eigenvalue weighted by molar-refractivity contribution is 6.03. The summed E-state index contributed by atoms with van der Waals surface area (Å²) in [6, 6.07) is 2.85. The van der Waals surface area contributed by atoms with Gasteiger partial charge in [0.2, 0.25) is 0 Å². The third kappa shape index (κ3) is 3.01. The van der Waals surface area contributed by atoms with E-state index in [2.05, 4.69) is 5.32 Å². The first-order chi connectivity index (χ1) is 9.79. The maximum atomic E-state index is 13.1. The second-order valence-electron chi connectivity index (χ2n) is 4.87. The fraction of sp³-hybridized carbons (Fsp3) is 0.214. The van der Waals surface area contributed by atoms with E-state index in [1.807, 2.05) is 13.8 Å². The number of halogens is 3. The van der Waals surface area contributed by atoms with E-state index < -0.39 is 23.4 Å². The van der Waals surface area contributed by atoms with Crippen molar-refractivity contribution in [1.82, 2.24) is 4.57 Å². The van der Waals surface area contributed by atoms with Crippen LogP contribution in [0.5, 0.6) is 0 Å². The summed E-state index contributed by atoms with van der Waals surface area (Å²) < 4.78 is 40.7. The van der Waals surface area contributed by atoms with Crippen LogP contribution in [0.2, 0.25) is 0 Å². The first-order valence-electron chi connectivity index (χ1n) is 6.23. The van der Waals surface area contributed by atoms with Gasteiger partial charge in [0.15, 0.2) is 17.5 Å². The molecule has 0 unspecified atom stereocenters. The van der Waals surface area contributed by atoms with Crippen molar-refractivity contribution in [3.8, 4) is 0 Å². The average Bonchev–Trinajstić information content (AvgIpc) is 2.78. The Morgan fingerprint density at radius 1 is 1.19 bits per heavy atom. The van der Waals surface area contributed by atoms with Gasteiger partial charge >= 0.3 is 0 Å². The molecule has 0 aliphatic heterocycles. The number of rotatable bonds is 3. The van der Waals surface area contributed by atoms with E-state index in [0.29, 0.717) is 17.8 Å². The average molecular weight is 297 g/mol. The standard InChI is InChI=1S/C14H14F3N3O/c1-7(2)20-6-8(18)3-12(20)14(21)19-9-4-10(15)13(17)11(16)5-9/h3-7H,18H2,1-2H3,(H,19,21). The quantitative estimate of drug-likeness (QED) is 0.854. The first kappa shape index (κ1) is 15.0. The minimum atomic E-state index is -1.58. The Bertz CT molecular complexity index is 672. The highest BCUT2D eigenvalue weighted by Crippen LogP contribution is 2.20. The number of hydrogen-bond donors (Lipinski definition) is 2. The molecule has 112 valence electrons. The Morgan fingerprint density at radius 3 is 2.29 bits per heavy atom. The fourth-order valence-electron chi connectivity index (χ4n) is 1.93. The number of nitrogens with one attached hydrogen (secondary N) is 1. The SMILES string of the molecule is CC(C)n1cc(N)cc1C(=O)Nc1cc(F)c(F)c(F)c1. The van der Waals surface area contributed by atoms with Crippen molar-refractivity contribution in [1.29, 1.82) is 0 Å². The van der Waals surface area contributed by atoms with Crippen molar-refractivity contribution in [3.05, 3.63) is 47.5 Å². The molecule has 1 aromatic heterocycles. The smallest absolute Gasteiger partial charge is 0.272 e. The summed E-state index contributed by atoms with van der Waals surface area (Å²) in [5.74, 6) is -4.92. The Hall–Kier alpha value is -2.44. The van der Waals surface area contributed by atoms with Crippen LogP contribution >= 0.6 is 0 Å². The summed E-state index contributed by atoms with van der Waals surface area (Å²) >= 11 is 0. The van der Waals surface area contributed by atoms with Crippen LogP contribution < -0.4 is 11.1 Å². The normalized spacial score (nSPS) is 11.0. The third-order valence-electron chi connectivity index (χ3n) is 2.90. The largest absolute Gasteiger partial charge is 0.397 e. The number of benzene rings is 1. The molecule has 1 amide bonds. The van der Waals surface area contributed by atoms with Gasteiger partial charge in [-0.2, -0.15) is 0 Å². The van der Waals surface area contributed by atoms with Crippen LogP contribution in [0.1, 0.15) is 30.4 Å². The molecule has 0 aliphatic carbocycles. The summed E-state index contributed by atoms with van der Waals surface area (Å²) in [6.07, 6.45) is 1.59. The summed E-state index contributed by atoms with van der Waals surface area (Å²) in [7, 11) is 0. The molecular formula is C14H14F3N3O. The Balaban J connectivity index is 2.30. The van der Waals surface area contributed by atoms with Gasteiger partial charge in [0.05, 0.1) is 5.69 Å². The molecule has 2 aromatic rings. The van der Waals surface area contributed by atoms with Crippen molar-refractivity contribution in [2.24, 2.45) is 0 Å². The predicted molar refractivity (Wildman–Crippen MR) is 73.5 cm³/mol. The lowest BCUT2D eigenvalue weighted by molar-refractivity contribution is 0.101. The van der Waals surface area contributed by atoms with Crippen molar-refractivity contribution in [3.63, 3.8) is 0 Å². The third-order valence-corrected chi connectivity index (χ3v) is 2.90. The van der Waals surface area contributed by atoms with Crippen molar-refractivity contribution in [2.75, 3.05) is 11.1 Å². The van der Waals surface area contributed by atoms with E-state index in [1.165, 1.54) is 6.07 Å². The molecule has 3 N–H and O–H groups in total. The zero-order valence-corrected chi connectivity index (χ0v) is 11.5. The van der Waals surface area contributed by atoms with Crippen LogP contribution in [0, 0.1) is 17.5 Å². The Morgan fingerprint density at radius 2 is 1.76 bits per heavy atom. The lowest BCUT2D eigenvalue weighted by Gasteiger charge is -2.12. The van der Waals surface area contributed by atoms with E-state index in [4.69, 9.17) is 5.73 Å². The Kier molecular flexibility index (Phi) is 3.93. The van der Waals surface area contributed by atoms with Gasteiger partial charge in [0.1, 0.15) is 5.69 Å². The number of carbonyl (C=O) groups is 1. The van der Waals surface area contributed by atoms with E-state index in [1.54, 1.807) is 10.8 Å². The number of carbonyl (C=O) groups excluding carboxylic acids is 1. The molecule has 0 fully saturated rings. The molecule has 1 aromatic carbocycles. The molecule has 7 heteroatoms.